The fraction of sp³-hybridized carbons (Fsp3) is 0.778. The lowest BCUT2D eigenvalue weighted by Crippen LogP contribution is -2.58. The molecule has 0 aromatic heterocycles. The smallest absolute Gasteiger partial charge is 0.328 e. The number of hydrogen-bond acceptors (Lipinski definition) is 8. The van der Waals surface area contributed by atoms with E-state index in [9.17, 15) is 24.3 Å². The Morgan fingerprint density at radius 1 is 0.833 bits per heavy atom. The van der Waals surface area contributed by atoms with Gasteiger partial charge in [-0.15, -0.1) is 0 Å². The number of aliphatic hydroxyl groups is 1. The summed E-state index contributed by atoms with van der Waals surface area (Å²) >= 11 is 0. The van der Waals surface area contributed by atoms with Gasteiger partial charge in [0.2, 0.25) is 17.7 Å². The van der Waals surface area contributed by atoms with Crippen LogP contribution in [0.2, 0.25) is 0 Å². The maximum absolute atomic E-state index is 12.6. The monoisotopic (exact) mass is 432 g/mol. The molecule has 5 atom stereocenters. The topological polar surface area (TPSA) is 223 Å². The first kappa shape index (κ1) is 27.7. The van der Waals surface area contributed by atoms with E-state index in [1.54, 1.807) is 0 Å². The Balaban J connectivity index is 5.22. The fourth-order valence-corrected chi connectivity index (χ4v) is 2.68. The van der Waals surface area contributed by atoms with Gasteiger partial charge < -0.3 is 43.4 Å². The summed E-state index contributed by atoms with van der Waals surface area (Å²) in [6.07, 6.45) is -0.807. The minimum absolute atomic E-state index is 0.0138. The van der Waals surface area contributed by atoms with Crippen molar-refractivity contribution in [1.29, 1.82) is 0 Å². The lowest BCUT2D eigenvalue weighted by molar-refractivity contribution is -0.145. The van der Waals surface area contributed by atoms with Gasteiger partial charge in [-0.3, -0.25) is 14.4 Å². The number of carbonyl (C=O) groups excluding carboxylic acids is 3. The Kier molecular flexibility index (Phi) is 12.8. The SMILES string of the molecule is CC(C)C[C@H](N)C(=O)N[C@@H](CCN)C(=O)N[C@@H](CCN)C(=O)N[C@H](C(=O)O)[C@@H](C)O. The molecule has 0 spiro atoms. The molecule has 0 saturated carbocycles. The zero-order valence-electron chi connectivity index (χ0n) is 17.8. The molecule has 0 saturated heterocycles. The third-order valence-corrected chi connectivity index (χ3v) is 4.28. The molecule has 11 N–H and O–H groups in total. The maximum atomic E-state index is 12.6. The normalized spacial score (nSPS) is 16.1. The molecule has 174 valence electrons. The number of carboxylic acids is 1. The second-order valence-corrected chi connectivity index (χ2v) is 7.58. The van der Waals surface area contributed by atoms with Gasteiger partial charge in [-0.1, -0.05) is 13.8 Å². The van der Waals surface area contributed by atoms with Crippen LogP contribution in [0.25, 0.3) is 0 Å². The highest BCUT2D eigenvalue weighted by molar-refractivity contribution is 5.94. The molecule has 0 aromatic rings. The van der Waals surface area contributed by atoms with Gasteiger partial charge in [-0.2, -0.15) is 0 Å². The lowest BCUT2D eigenvalue weighted by Gasteiger charge is -2.25. The molecule has 0 aliphatic carbocycles. The summed E-state index contributed by atoms with van der Waals surface area (Å²) in [5, 5.41) is 25.8. The standard InChI is InChI=1S/C18H36N6O6/c1-9(2)8-11(21)15(26)22-12(4-6-19)16(27)23-13(5-7-20)17(28)24-14(10(3)25)18(29)30/h9-14,25H,4-8,19-21H2,1-3H3,(H,22,26)(H,23,27)(H,24,28)(H,29,30)/t10-,11+,12+,13+,14+/m1/s1. The van der Waals surface area contributed by atoms with E-state index >= 15 is 0 Å². The van der Waals surface area contributed by atoms with Crippen LogP contribution in [0.15, 0.2) is 0 Å². The number of aliphatic carboxylic acids is 1. The number of carbonyl (C=O) groups is 4. The summed E-state index contributed by atoms with van der Waals surface area (Å²) in [6, 6.07) is -4.54. The van der Waals surface area contributed by atoms with E-state index in [0.29, 0.717) is 6.42 Å². The Bertz CT molecular complexity index is 586. The van der Waals surface area contributed by atoms with Crippen molar-refractivity contribution < 1.29 is 29.4 Å². The van der Waals surface area contributed by atoms with Crippen molar-refractivity contribution >= 4 is 23.7 Å². The molecule has 0 fully saturated rings. The van der Waals surface area contributed by atoms with E-state index in [1.807, 2.05) is 13.8 Å². The summed E-state index contributed by atoms with van der Waals surface area (Å²) in [5.74, 6) is -3.26. The number of carboxylic acid groups (broad SMARTS) is 1. The molecule has 0 rings (SSSR count). The van der Waals surface area contributed by atoms with E-state index in [4.69, 9.17) is 22.3 Å². The Morgan fingerprint density at radius 2 is 1.27 bits per heavy atom. The second-order valence-electron chi connectivity index (χ2n) is 7.58. The minimum atomic E-state index is -1.55. The Hall–Kier alpha value is -2.28. The van der Waals surface area contributed by atoms with Crippen LogP contribution in [-0.2, 0) is 19.2 Å². The number of nitrogens with one attached hydrogen (secondary N) is 3. The Labute approximate surface area is 176 Å². The zero-order valence-corrected chi connectivity index (χ0v) is 17.8. The molecule has 12 nitrogen and oxygen atoms in total. The van der Waals surface area contributed by atoms with Crippen LogP contribution in [0.1, 0.15) is 40.0 Å². The van der Waals surface area contributed by atoms with Crippen molar-refractivity contribution in [1.82, 2.24) is 16.0 Å². The summed E-state index contributed by atoms with van der Waals surface area (Å²) < 4.78 is 0. The summed E-state index contributed by atoms with van der Waals surface area (Å²) in [6.45, 7) is 5.14. The van der Waals surface area contributed by atoms with Gasteiger partial charge in [-0.25, -0.2) is 4.79 Å². The van der Waals surface area contributed by atoms with Gasteiger partial charge in [0, 0.05) is 0 Å². The molecule has 0 aliphatic heterocycles. The van der Waals surface area contributed by atoms with Gasteiger partial charge in [0.1, 0.15) is 12.1 Å². The van der Waals surface area contributed by atoms with Gasteiger partial charge in [-0.05, 0) is 45.2 Å². The van der Waals surface area contributed by atoms with Crippen molar-refractivity contribution in [3.8, 4) is 0 Å². The molecule has 12 heteroatoms. The number of hydrogen-bond donors (Lipinski definition) is 8. The van der Waals surface area contributed by atoms with Crippen LogP contribution in [0.3, 0.4) is 0 Å². The van der Waals surface area contributed by atoms with E-state index in [2.05, 4.69) is 16.0 Å². The van der Waals surface area contributed by atoms with Gasteiger partial charge in [0.05, 0.1) is 12.1 Å². The minimum Gasteiger partial charge on any atom is -0.480 e. The van der Waals surface area contributed by atoms with Crippen molar-refractivity contribution in [2.24, 2.45) is 23.1 Å². The highest BCUT2D eigenvalue weighted by Gasteiger charge is 2.31. The van der Waals surface area contributed by atoms with Crippen LogP contribution in [0.5, 0.6) is 0 Å². The predicted molar refractivity (Wildman–Crippen MR) is 110 cm³/mol. The molecule has 0 bridgehead atoms. The molecule has 0 radical (unpaired) electrons. The highest BCUT2D eigenvalue weighted by Crippen LogP contribution is 2.04. The number of nitrogens with two attached hydrogens (primary N) is 3. The molecule has 0 aliphatic rings. The number of rotatable bonds is 14. The van der Waals surface area contributed by atoms with E-state index in [-0.39, 0.29) is 31.8 Å². The van der Waals surface area contributed by atoms with Crippen molar-refractivity contribution in [3.05, 3.63) is 0 Å². The molecule has 30 heavy (non-hydrogen) atoms. The lowest BCUT2D eigenvalue weighted by atomic mass is 10.0. The predicted octanol–water partition coefficient (Wildman–Crippen LogP) is -3.02. The molecule has 0 heterocycles. The maximum Gasteiger partial charge on any atom is 0.328 e. The zero-order chi connectivity index (χ0) is 23.4. The summed E-state index contributed by atoms with van der Waals surface area (Å²) in [5.41, 5.74) is 16.9. The van der Waals surface area contributed by atoms with E-state index in [0.717, 1.165) is 0 Å². The van der Waals surface area contributed by atoms with Crippen LogP contribution in [-0.4, -0.2) is 77.3 Å². The fourth-order valence-electron chi connectivity index (χ4n) is 2.68. The van der Waals surface area contributed by atoms with Crippen molar-refractivity contribution in [2.75, 3.05) is 13.1 Å². The Morgan fingerprint density at radius 3 is 1.63 bits per heavy atom. The van der Waals surface area contributed by atoms with Crippen LogP contribution in [0, 0.1) is 5.92 Å². The molecular weight excluding hydrogens is 396 g/mol. The molecule has 3 amide bonds. The van der Waals surface area contributed by atoms with Crippen molar-refractivity contribution in [3.63, 3.8) is 0 Å². The third kappa shape index (κ3) is 9.96. The quantitative estimate of drug-likeness (QED) is 0.140. The largest absolute Gasteiger partial charge is 0.480 e. The van der Waals surface area contributed by atoms with E-state index < -0.39 is 54.0 Å². The number of amides is 3. The van der Waals surface area contributed by atoms with E-state index in [1.165, 1.54) is 6.92 Å². The molecule has 0 unspecified atom stereocenters. The first-order valence-electron chi connectivity index (χ1n) is 9.92. The average Bonchev–Trinajstić information content (AvgIpc) is 2.63. The first-order chi connectivity index (χ1) is 13.9. The van der Waals surface area contributed by atoms with Crippen LogP contribution in [0.4, 0.5) is 0 Å². The van der Waals surface area contributed by atoms with Crippen LogP contribution < -0.4 is 33.2 Å². The second kappa shape index (κ2) is 13.9. The van der Waals surface area contributed by atoms with Gasteiger partial charge in [0.15, 0.2) is 6.04 Å². The van der Waals surface area contributed by atoms with Crippen LogP contribution >= 0.6 is 0 Å². The number of aliphatic hydroxyl groups excluding tert-OH is 1. The summed E-state index contributed by atoms with van der Waals surface area (Å²) in [4.78, 5) is 48.5. The summed E-state index contributed by atoms with van der Waals surface area (Å²) in [7, 11) is 0. The van der Waals surface area contributed by atoms with Gasteiger partial charge >= 0.3 is 5.97 Å². The molecular formula is C18H36N6O6. The molecule has 0 aromatic carbocycles. The average molecular weight is 433 g/mol. The van der Waals surface area contributed by atoms with Crippen molar-refractivity contribution in [2.45, 2.75) is 70.3 Å². The highest BCUT2D eigenvalue weighted by atomic mass is 16.4. The third-order valence-electron chi connectivity index (χ3n) is 4.28. The van der Waals surface area contributed by atoms with Gasteiger partial charge in [0.25, 0.3) is 0 Å². The first-order valence-corrected chi connectivity index (χ1v) is 9.92.